The molecule has 112 valence electrons. The smallest absolute Gasteiger partial charge is 0.133 e. The predicted molar refractivity (Wildman–Crippen MR) is 82.1 cm³/mol. The van der Waals surface area contributed by atoms with E-state index in [0.29, 0.717) is 13.2 Å². The third-order valence-corrected chi connectivity index (χ3v) is 3.89. The standard InChI is InChI=1S/C15H22BrNO3/c1-11-7-17(8-12(2)20-11)9-13(18)10-19-15-6-4-3-5-14(15)16/h3-6,11-13,18H,7-10H2,1-2H3. The summed E-state index contributed by atoms with van der Waals surface area (Å²) in [6.45, 7) is 6.75. The molecule has 1 heterocycles. The van der Waals surface area contributed by atoms with Gasteiger partial charge in [-0.3, -0.25) is 4.90 Å². The molecule has 0 aliphatic carbocycles. The number of para-hydroxylation sites is 1. The highest BCUT2D eigenvalue weighted by Crippen LogP contribution is 2.23. The van der Waals surface area contributed by atoms with Crippen LogP contribution in [-0.4, -0.2) is 54.6 Å². The molecule has 3 atom stereocenters. The lowest BCUT2D eigenvalue weighted by Crippen LogP contribution is -2.48. The van der Waals surface area contributed by atoms with E-state index in [2.05, 4.69) is 34.7 Å². The molecule has 1 saturated heterocycles. The van der Waals surface area contributed by atoms with Crippen LogP contribution in [0.15, 0.2) is 28.7 Å². The Hall–Kier alpha value is -0.620. The van der Waals surface area contributed by atoms with Gasteiger partial charge in [-0.05, 0) is 41.9 Å². The lowest BCUT2D eigenvalue weighted by atomic mass is 10.2. The van der Waals surface area contributed by atoms with Crippen molar-refractivity contribution in [1.29, 1.82) is 0 Å². The zero-order chi connectivity index (χ0) is 14.5. The number of rotatable bonds is 5. The molecule has 5 heteroatoms. The first kappa shape index (κ1) is 15.8. The van der Waals surface area contributed by atoms with Crippen LogP contribution >= 0.6 is 15.9 Å². The number of halogens is 1. The molecular formula is C15H22BrNO3. The summed E-state index contributed by atoms with van der Waals surface area (Å²) in [7, 11) is 0. The lowest BCUT2D eigenvalue weighted by Gasteiger charge is -2.36. The van der Waals surface area contributed by atoms with Crippen molar-refractivity contribution in [2.75, 3.05) is 26.2 Å². The van der Waals surface area contributed by atoms with Crippen molar-refractivity contribution in [2.45, 2.75) is 32.2 Å². The molecule has 0 spiro atoms. The Kier molecular flexibility index (Phi) is 5.84. The molecule has 2 rings (SSSR count). The number of morpholine rings is 1. The summed E-state index contributed by atoms with van der Waals surface area (Å²) in [4.78, 5) is 2.23. The quantitative estimate of drug-likeness (QED) is 0.890. The van der Waals surface area contributed by atoms with Crippen molar-refractivity contribution in [2.24, 2.45) is 0 Å². The van der Waals surface area contributed by atoms with Crippen LogP contribution in [0.5, 0.6) is 5.75 Å². The molecular weight excluding hydrogens is 322 g/mol. The van der Waals surface area contributed by atoms with Gasteiger partial charge in [-0.1, -0.05) is 12.1 Å². The highest BCUT2D eigenvalue weighted by molar-refractivity contribution is 9.10. The summed E-state index contributed by atoms with van der Waals surface area (Å²) >= 11 is 3.43. The SMILES string of the molecule is CC1CN(CC(O)COc2ccccc2Br)CC(C)O1. The second-order valence-corrected chi connectivity index (χ2v) is 6.23. The maximum absolute atomic E-state index is 10.1. The van der Waals surface area contributed by atoms with Gasteiger partial charge in [-0.2, -0.15) is 0 Å². The summed E-state index contributed by atoms with van der Waals surface area (Å²) < 4.78 is 12.2. The first-order valence-electron chi connectivity index (χ1n) is 6.98. The van der Waals surface area contributed by atoms with E-state index in [9.17, 15) is 5.11 Å². The molecule has 1 fully saturated rings. The van der Waals surface area contributed by atoms with Crippen LogP contribution in [0.3, 0.4) is 0 Å². The monoisotopic (exact) mass is 343 g/mol. The Bertz CT molecular complexity index is 419. The number of hydrogen-bond acceptors (Lipinski definition) is 4. The van der Waals surface area contributed by atoms with Crippen LogP contribution in [0.1, 0.15) is 13.8 Å². The van der Waals surface area contributed by atoms with E-state index in [1.54, 1.807) is 0 Å². The minimum atomic E-state index is -0.500. The van der Waals surface area contributed by atoms with Crippen LogP contribution in [-0.2, 0) is 4.74 Å². The van der Waals surface area contributed by atoms with Gasteiger partial charge in [0, 0.05) is 19.6 Å². The number of aliphatic hydroxyl groups is 1. The number of β-amino-alcohol motifs (C(OH)–C–C–N with tert-alkyl or cyclic N) is 1. The molecule has 1 aliphatic rings. The fourth-order valence-corrected chi connectivity index (χ4v) is 2.93. The second kappa shape index (κ2) is 7.41. The Morgan fingerprint density at radius 3 is 2.65 bits per heavy atom. The minimum absolute atomic E-state index is 0.218. The Morgan fingerprint density at radius 1 is 1.35 bits per heavy atom. The third-order valence-electron chi connectivity index (χ3n) is 3.23. The third kappa shape index (κ3) is 4.74. The van der Waals surface area contributed by atoms with Gasteiger partial charge in [-0.25, -0.2) is 0 Å². The fraction of sp³-hybridized carbons (Fsp3) is 0.600. The lowest BCUT2D eigenvalue weighted by molar-refractivity contribution is -0.0787. The fourth-order valence-electron chi connectivity index (χ4n) is 2.53. The van der Waals surface area contributed by atoms with Crippen molar-refractivity contribution in [3.8, 4) is 5.75 Å². The summed E-state index contributed by atoms with van der Waals surface area (Å²) in [6.07, 6.45) is -0.0649. The van der Waals surface area contributed by atoms with Crippen molar-refractivity contribution < 1.29 is 14.6 Å². The zero-order valence-electron chi connectivity index (χ0n) is 12.0. The molecule has 0 bridgehead atoms. The maximum Gasteiger partial charge on any atom is 0.133 e. The number of nitrogens with zero attached hydrogens (tertiary/aromatic N) is 1. The van der Waals surface area contributed by atoms with Crippen molar-refractivity contribution >= 4 is 15.9 Å². The normalized spacial score (nSPS) is 25.4. The average Bonchev–Trinajstić information content (AvgIpc) is 2.36. The van der Waals surface area contributed by atoms with Gasteiger partial charge >= 0.3 is 0 Å². The van der Waals surface area contributed by atoms with E-state index < -0.39 is 6.10 Å². The van der Waals surface area contributed by atoms with Gasteiger partial charge in [0.25, 0.3) is 0 Å². The van der Waals surface area contributed by atoms with Crippen molar-refractivity contribution in [3.63, 3.8) is 0 Å². The average molecular weight is 344 g/mol. The van der Waals surface area contributed by atoms with Gasteiger partial charge in [0.05, 0.1) is 16.7 Å². The van der Waals surface area contributed by atoms with E-state index in [0.717, 1.165) is 23.3 Å². The van der Waals surface area contributed by atoms with Gasteiger partial charge in [0.2, 0.25) is 0 Å². The summed E-state index contributed by atoms with van der Waals surface area (Å²) in [6, 6.07) is 7.66. The first-order valence-corrected chi connectivity index (χ1v) is 7.77. The van der Waals surface area contributed by atoms with Crippen LogP contribution in [0.2, 0.25) is 0 Å². The Morgan fingerprint density at radius 2 is 2.00 bits per heavy atom. The molecule has 1 aliphatic heterocycles. The highest BCUT2D eigenvalue weighted by Gasteiger charge is 2.23. The largest absolute Gasteiger partial charge is 0.490 e. The van der Waals surface area contributed by atoms with Gasteiger partial charge in [0.15, 0.2) is 0 Å². The molecule has 0 aromatic heterocycles. The van der Waals surface area contributed by atoms with Crippen LogP contribution in [0.4, 0.5) is 0 Å². The first-order chi connectivity index (χ1) is 9.54. The zero-order valence-corrected chi connectivity index (χ0v) is 13.5. The number of ether oxygens (including phenoxy) is 2. The van der Waals surface area contributed by atoms with E-state index in [4.69, 9.17) is 9.47 Å². The van der Waals surface area contributed by atoms with E-state index >= 15 is 0 Å². The summed E-state index contributed by atoms with van der Waals surface area (Å²) in [5.74, 6) is 0.760. The number of aliphatic hydroxyl groups excluding tert-OH is 1. The maximum atomic E-state index is 10.1. The molecule has 20 heavy (non-hydrogen) atoms. The summed E-state index contributed by atoms with van der Waals surface area (Å²) in [5.41, 5.74) is 0. The number of benzene rings is 1. The molecule has 4 nitrogen and oxygen atoms in total. The molecule has 1 aromatic rings. The summed E-state index contributed by atoms with van der Waals surface area (Å²) in [5, 5.41) is 10.1. The van der Waals surface area contributed by atoms with Gasteiger partial charge in [0.1, 0.15) is 18.5 Å². The molecule has 1 N–H and O–H groups in total. The van der Waals surface area contributed by atoms with Crippen LogP contribution < -0.4 is 4.74 Å². The molecule has 0 saturated carbocycles. The molecule has 3 unspecified atom stereocenters. The highest BCUT2D eigenvalue weighted by atomic mass is 79.9. The predicted octanol–water partition coefficient (Wildman–Crippen LogP) is 2.30. The van der Waals surface area contributed by atoms with E-state index in [1.807, 2.05) is 24.3 Å². The Balaban J connectivity index is 1.78. The topological polar surface area (TPSA) is 41.9 Å². The van der Waals surface area contributed by atoms with E-state index in [1.165, 1.54) is 0 Å². The molecule has 0 radical (unpaired) electrons. The minimum Gasteiger partial charge on any atom is -0.490 e. The van der Waals surface area contributed by atoms with Gasteiger partial charge in [-0.15, -0.1) is 0 Å². The van der Waals surface area contributed by atoms with E-state index in [-0.39, 0.29) is 12.2 Å². The second-order valence-electron chi connectivity index (χ2n) is 5.37. The van der Waals surface area contributed by atoms with Crippen molar-refractivity contribution in [3.05, 3.63) is 28.7 Å². The van der Waals surface area contributed by atoms with Crippen LogP contribution in [0.25, 0.3) is 0 Å². The van der Waals surface area contributed by atoms with Gasteiger partial charge < -0.3 is 14.6 Å². The number of hydrogen-bond donors (Lipinski definition) is 1. The molecule has 1 aromatic carbocycles. The van der Waals surface area contributed by atoms with Crippen molar-refractivity contribution in [1.82, 2.24) is 4.90 Å². The Labute approximate surface area is 128 Å². The molecule has 0 amide bonds. The van der Waals surface area contributed by atoms with Crippen LogP contribution in [0, 0.1) is 0 Å².